The molecule has 1 saturated heterocycles. The van der Waals surface area contributed by atoms with E-state index in [4.69, 9.17) is 0 Å². The summed E-state index contributed by atoms with van der Waals surface area (Å²) >= 11 is 0. The molecule has 1 aliphatic rings. The Bertz CT molecular complexity index is 721. The van der Waals surface area contributed by atoms with E-state index in [0.717, 1.165) is 16.9 Å². The number of urea groups is 1. The number of benzene rings is 1. The first kappa shape index (κ1) is 16.3. The Hall–Kier alpha value is -2.57. The summed E-state index contributed by atoms with van der Waals surface area (Å²) in [6.07, 6.45) is 0. The smallest absolute Gasteiger partial charge is 0.318 e. The molecule has 0 bridgehead atoms. The molecule has 1 aromatic heterocycles. The average molecular weight is 329 g/mol. The number of rotatable bonds is 3. The van der Waals surface area contributed by atoms with Crippen molar-refractivity contribution in [2.75, 3.05) is 26.7 Å². The summed E-state index contributed by atoms with van der Waals surface area (Å²) in [7, 11) is 1.75. The van der Waals surface area contributed by atoms with Crippen LogP contribution in [0.2, 0.25) is 0 Å². The Morgan fingerprint density at radius 3 is 2.71 bits per heavy atom. The standard InChI is InChI=1S/C17H23N5O2/c1-11(2)15(16-18-12-6-4-5-7-13(12)19-16)20-17(24)22-9-8-21(3)14(23)10-22/h4-7,11,15H,8-10H2,1-3H3,(H,18,19)(H,20,24)/t15-/m1/s1. The van der Waals surface area contributed by atoms with E-state index in [0.29, 0.717) is 13.1 Å². The highest BCUT2D eigenvalue weighted by Crippen LogP contribution is 2.22. The zero-order valence-corrected chi connectivity index (χ0v) is 14.2. The Balaban J connectivity index is 1.76. The number of aromatic nitrogens is 2. The zero-order valence-electron chi connectivity index (χ0n) is 14.2. The summed E-state index contributed by atoms with van der Waals surface area (Å²) in [4.78, 5) is 35.4. The Kier molecular flexibility index (Phi) is 4.42. The van der Waals surface area contributed by atoms with Gasteiger partial charge in [-0.15, -0.1) is 0 Å². The van der Waals surface area contributed by atoms with Gasteiger partial charge >= 0.3 is 6.03 Å². The van der Waals surface area contributed by atoms with Crippen molar-refractivity contribution in [3.63, 3.8) is 0 Å². The topological polar surface area (TPSA) is 81.3 Å². The molecule has 1 aliphatic heterocycles. The molecule has 0 unspecified atom stereocenters. The Labute approximate surface area is 141 Å². The van der Waals surface area contributed by atoms with E-state index in [1.165, 1.54) is 0 Å². The Morgan fingerprint density at radius 2 is 2.04 bits per heavy atom. The summed E-state index contributed by atoms with van der Waals surface area (Å²) in [5.74, 6) is 0.860. The summed E-state index contributed by atoms with van der Waals surface area (Å²) in [5.41, 5.74) is 1.82. The third kappa shape index (κ3) is 3.20. The first-order chi connectivity index (χ1) is 11.5. The van der Waals surface area contributed by atoms with Gasteiger partial charge in [-0.25, -0.2) is 9.78 Å². The molecule has 128 valence electrons. The summed E-state index contributed by atoms with van der Waals surface area (Å²) in [6, 6.07) is 7.32. The van der Waals surface area contributed by atoms with Gasteiger partial charge in [0.1, 0.15) is 12.4 Å². The van der Waals surface area contributed by atoms with Crippen molar-refractivity contribution in [2.24, 2.45) is 5.92 Å². The minimum Gasteiger partial charge on any atom is -0.342 e. The molecule has 1 aromatic carbocycles. The lowest BCUT2D eigenvalue weighted by Crippen LogP contribution is -2.54. The molecule has 0 spiro atoms. The van der Waals surface area contributed by atoms with Crippen LogP contribution in [0, 0.1) is 5.92 Å². The maximum absolute atomic E-state index is 12.6. The van der Waals surface area contributed by atoms with Gasteiger partial charge in [0.2, 0.25) is 5.91 Å². The molecule has 3 amide bonds. The minimum absolute atomic E-state index is 0.0405. The maximum atomic E-state index is 12.6. The number of aromatic amines is 1. The normalized spacial score (nSPS) is 16.8. The van der Waals surface area contributed by atoms with Gasteiger partial charge in [0.05, 0.1) is 17.1 Å². The van der Waals surface area contributed by atoms with Crippen LogP contribution in [0.5, 0.6) is 0 Å². The molecule has 0 saturated carbocycles. The molecule has 2 aromatic rings. The molecule has 7 nitrogen and oxygen atoms in total. The van der Waals surface area contributed by atoms with E-state index in [1.54, 1.807) is 16.8 Å². The average Bonchev–Trinajstić information content (AvgIpc) is 2.98. The fourth-order valence-electron chi connectivity index (χ4n) is 2.83. The van der Waals surface area contributed by atoms with Gasteiger partial charge in [0, 0.05) is 20.1 Å². The molecular formula is C17H23N5O2. The predicted molar refractivity (Wildman–Crippen MR) is 91.4 cm³/mol. The van der Waals surface area contributed by atoms with Crippen LogP contribution in [0.1, 0.15) is 25.7 Å². The van der Waals surface area contributed by atoms with Gasteiger partial charge in [0.15, 0.2) is 0 Å². The van der Waals surface area contributed by atoms with Gasteiger partial charge in [-0.1, -0.05) is 26.0 Å². The number of hydrogen-bond donors (Lipinski definition) is 2. The molecule has 24 heavy (non-hydrogen) atoms. The number of piperazine rings is 1. The molecule has 0 aliphatic carbocycles. The lowest BCUT2D eigenvalue weighted by atomic mass is 10.0. The highest BCUT2D eigenvalue weighted by atomic mass is 16.2. The quantitative estimate of drug-likeness (QED) is 0.900. The van der Waals surface area contributed by atoms with Gasteiger partial charge in [-0.3, -0.25) is 4.79 Å². The fourth-order valence-corrected chi connectivity index (χ4v) is 2.83. The molecular weight excluding hydrogens is 306 g/mol. The molecule has 0 radical (unpaired) electrons. The molecule has 2 heterocycles. The second kappa shape index (κ2) is 6.51. The van der Waals surface area contributed by atoms with Gasteiger partial charge in [0.25, 0.3) is 0 Å². The molecule has 2 N–H and O–H groups in total. The minimum atomic E-state index is -0.236. The lowest BCUT2D eigenvalue weighted by Gasteiger charge is -2.33. The largest absolute Gasteiger partial charge is 0.342 e. The number of para-hydroxylation sites is 2. The lowest BCUT2D eigenvalue weighted by molar-refractivity contribution is -0.133. The number of hydrogen-bond acceptors (Lipinski definition) is 3. The number of carbonyl (C=O) groups excluding carboxylic acids is 2. The second-order valence-corrected chi connectivity index (χ2v) is 6.55. The monoisotopic (exact) mass is 329 g/mol. The van der Waals surface area contributed by atoms with Crippen LogP contribution in [0.3, 0.4) is 0 Å². The number of amides is 3. The third-order valence-electron chi connectivity index (χ3n) is 4.39. The number of nitrogens with zero attached hydrogens (tertiary/aromatic N) is 3. The Morgan fingerprint density at radius 1 is 1.29 bits per heavy atom. The number of likely N-dealkylation sites (N-methyl/N-ethyl adjacent to an activating group) is 1. The van der Waals surface area contributed by atoms with Crippen molar-refractivity contribution in [1.29, 1.82) is 0 Å². The van der Waals surface area contributed by atoms with Crippen molar-refractivity contribution in [1.82, 2.24) is 25.1 Å². The van der Waals surface area contributed by atoms with Crippen LogP contribution in [0.25, 0.3) is 11.0 Å². The van der Waals surface area contributed by atoms with E-state index in [9.17, 15) is 9.59 Å². The van der Waals surface area contributed by atoms with Crippen molar-refractivity contribution in [3.05, 3.63) is 30.1 Å². The molecule has 7 heteroatoms. The number of carbonyl (C=O) groups is 2. The van der Waals surface area contributed by atoms with Crippen LogP contribution in [-0.2, 0) is 4.79 Å². The SMILES string of the molecule is CC(C)[C@@H](NC(=O)N1CCN(C)C(=O)C1)c1nc2ccccc2[nH]1. The van der Waals surface area contributed by atoms with E-state index >= 15 is 0 Å². The van der Waals surface area contributed by atoms with Crippen LogP contribution in [0.15, 0.2) is 24.3 Å². The highest BCUT2D eigenvalue weighted by molar-refractivity contribution is 5.85. The number of nitrogens with one attached hydrogen (secondary N) is 2. The van der Waals surface area contributed by atoms with E-state index in [-0.39, 0.29) is 30.4 Å². The van der Waals surface area contributed by atoms with Crippen LogP contribution in [-0.4, -0.2) is 58.4 Å². The molecule has 1 atom stereocenters. The van der Waals surface area contributed by atoms with E-state index in [2.05, 4.69) is 15.3 Å². The fraction of sp³-hybridized carbons (Fsp3) is 0.471. The number of imidazole rings is 1. The molecule has 3 rings (SSSR count). The van der Waals surface area contributed by atoms with Crippen molar-refractivity contribution >= 4 is 23.0 Å². The highest BCUT2D eigenvalue weighted by Gasteiger charge is 2.28. The summed E-state index contributed by atoms with van der Waals surface area (Å²) in [6.45, 7) is 5.29. The van der Waals surface area contributed by atoms with Gasteiger partial charge in [-0.05, 0) is 18.1 Å². The first-order valence-electron chi connectivity index (χ1n) is 8.19. The van der Waals surface area contributed by atoms with Crippen LogP contribution in [0.4, 0.5) is 4.79 Å². The maximum Gasteiger partial charge on any atom is 0.318 e. The van der Waals surface area contributed by atoms with E-state index < -0.39 is 0 Å². The summed E-state index contributed by atoms with van der Waals surface area (Å²) < 4.78 is 0. The van der Waals surface area contributed by atoms with Crippen molar-refractivity contribution in [3.8, 4) is 0 Å². The second-order valence-electron chi connectivity index (χ2n) is 6.55. The number of fused-ring (bicyclic) bond motifs is 1. The van der Waals surface area contributed by atoms with Crippen molar-refractivity contribution < 1.29 is 9.59 Å². The van der Waals surface area contributed by atoms with Gasteiger partial charge < -0.3 is 20.1 Å². The van der Waals surface area contributed by atoms with Crippen molar-refractivity contribution in [2.45, 2.75) is 19.9 Å². The molecule has 1 fully saturated rings. The third-order valence-corrected chi connectivity index (χ3v) is 4.39. The van der Waals surface area contributed by atoms with E-state index in [1.807, 2.05) is 38.1 Å². The predicted octanol–water partition coefficient (Wildman–Crippen LogP) is 1.74. The first-order valence-corrected chi connectivity index (χ1v) is 8.19. The number of H-pyrrole nitrogens is 1. The van der Waals surface area contributed by atoms with Crippen LogP contribution >= 0.6 is 0 Å². The summed E-state index contributed by atoms with van der Waals surface area (Å²) in [5, 5.41) is 3.02. The van der Waals surface area contributed by atoms with Gasteiger partial charge in [-0.2, -0.15) is 0 Å². The zero-order chi connectivity index (χ0) is 17.3. The van der Waals surface area contributed by atoms with Crippen LogP contribution < -0.4 is 5.32 Å².